The molecule has 0 saturated carbocycles. The molecule has 0 bridgehead atoms. The second-order valence-electron chi connectivity index (χ2n) is 6.52. The Hall–Kier alpha value is -1.61. The number of hydrogen-bond donors (Lipinski definition) is 2. The highest BCUT2D eigenvalue weighted by molar-refractivity contribution is 5.68. The lowest BCUT2D eigenvalue weighted by molar-refractivity contribution is 0.589. The summed E-state index contributed by atoms with van der Waals surface area (Å²) < 4.78 is 0. The quantitative estimate of drug-likeness (QED) is 0.897. The molecule has 0 saturated heterocycles. The van der Waals surface area contributed by atoms with Gasteiger partial charge in [0.1, 0.15) is 5.82 Å². The molecule has 1 aromatic carbocycles. The standard InChI is InChI=1S/C17H25N3/c1-11-8-13(17(3,4)5)9-12(2)16(11)14-10-19-15(20-14)6-7-18/h8-10H,6-7,18H2,1-5H3,(H,19,20). The minimum absolute atomic E-state index is 0.173. The molecule has 0 unspecified atom stereocenters. The molecular weight excluding hydrogens is 246 g/mol. The minimum atomic E-state index is 0.173. The average molecular weight is 271 g/mol. The highest BCUT2D eigenvalue weighted by Gasteiger charge is 2.17. The Labute approximate surface area is 121 Å². The summed E-state index contributed by atoms with van der Waals surface area (Å²) >= 11 is 0. The first-order valence-electron chi connectivity index (χ1n) is 7.19. The van der Waals surface area contributed by atoms with Gasteiger partial charge in [-0.05, 0) is 42.5 Å². The van der Waals surface area contributed by atoms with Crippen molar-refractivity contribution in [3.05, 3.63) is 40.8 Å². The molecule has 0 aliphatic carbocycles. The summed E-state index contributed by atoms with van der Waals surface area (Å²) in [5.41, 5.74) is 12.0. The average Bonchev–Trinajstić information content (AvgIpc) is 2.76. The van der Waals surface area contributed by atoms with Gasteiger partial charge in [0.2, 0.25) is 0 Å². The van der Waals surface area contributed by atoms with Crippen LogP contribution in [0.25, 0.3) is 11.3 Å². The maximum atomic E-state index is 5.58. The SMILES string of the molecule is Cc1cc(C(C)(C)C)cc(C)c1-c1cnc(CCN)[nH]1. The maximum Gasteiger partial charge on any atom is 0.107 e. The molecule has 3 N–H and O–H groups in total. The molecule has 0 radical (unpaired) electrons. The van der Waals surface area contributed by atoms with Crippen LogP contribution in [0.4, 0.5) is 0 Å². The molecule has 0 spiro atoms. The third kappa shape index (κ3) is 2.93. The number of rotatable bonds is 3. The van der Waals surface area contributed by atoms with Crippen LogP contribution in [0.3, 0.4) is 0 Å². The summed E-state index contributed by atoms with van der Waals surface area (Å²) in [5.74, 6) is 0.959. The zero-order valence-electron chi connectivity index (χ0n) is 13.2. The largest absolute Gasteiger partial charge is 0.342 e. The fourth-order valence-corrected chi connectivity index (χ4v) is 2.57. The molecule has 3 heteroatoms. The first kappa shape index (κ1) is 14.8. The molecule has 0 aliphatic rings. The van der Waals surface area contributed by atoms with Gasteiger partial charge in [-0.1, -0.05) is 32.9 Å². The molecule has 0 aliphatic heterocycles. The van der Waals surface area contributed by atoms with Crippen LogP contribution < -0.4 is 5.73 Å². The lowest BCUT2D eigenvalue weighted by Gasteiger charge is -2.22. The second-order valence-corrected chi connectivity index (χ2v) is 6.52. The Bertz CT molecular complexity index is 580. The highest BCUT2D eigenvalue weighted by Crippen LogP contribution is 2.31. The Morgan fingerprint density at radius 3 is 2.25 bits per heavy atom. The first-order chi connectivity index (χ1) is 9.32. The van der Waals surface area contributed by atoms with E-state index in [0.717, 1.165) is 17.9 Å². The van der Waals surface area contributed by atoms with Crippen molar-refractivity contribution in [2.45, 2.75) is 46.5 Å². The van der Waals surface area contributed by atoms with Crippen molar-refractivity contribution < 1.29 is 0 Å². The van der Waals surface area contributed by atoms with Gasteiger partial charge in [0, 0.05) is 12.0 Å². The molecule has 2 aromatic rings. The third-order valence-electron chi connectivity index (χ3n) is 3.68. The van der Waals surface area contributed by atoms with Crippen LogP contribution in [0.2, 0.25) is 0 Å². The summed E-state index contributed by atoms with van der Waals surface area (Å²) in [6, 6.07) is 4.57. The van der Waals surface area contributed by atoms with Crippen LogP contribution in [-0.4, -0.2) is 16.5 Å². The number of nitrogens with two attached hydrogens (primary N) is 1. The summed E-state index contributed by atoms with van der Waals surface area (Å²) in [4.78, 5) is 7.78. The monoisotopic (exact) mass is 271 g/mol. The highest BCUT2D eigenvalue weighted by atomic mass is 14.9. The van der Waals surface area contributed by atoms with Crippen molar-refractivity contribution in [1.82, 2.24) is 9.97 Å². The van der Waals surface area contributed by atoms with Gasteiger partial charge in [0.15, 0.2) is 0 Å². The minimum Gasteiger partial charge on any atom is -0.342 e. The molecule has 1 heterocycles. The topological polar surface area (TPSA) is 54.7 Å². The van der Waals surface area contributed by atoms with Crippen molar-refractivity contribution >= 4 is 0 Å². The Kier molecular flexibility index (Phi) is 4.00. The van der Waals surface area contributed by atoms with E-state index in [2.05, 4.69) is 56.7 Å². The predicted octanol–water partition coefficient (Wildman–Crippen LogP) is 3.49. The zero-order chi connectivity index (χ0) is 14.9. The molecule has 20 heavy (non-hydrogen) atoms. The smallest absolute Gasteiger partial charge is 0.107 e. The molecule has 2 rings (SSSR count). The van der Waals surface area contributed by atoms with Crippen LogP contribution in [0.15, 0.2) is 18.3 Å². The molecule has 1 aromatic heterocycles. The summed E-state index contributed by atoms with van der Waals surface area (Å²) in [6.07, 6.45) is 2.70. The molecule has 0 fully saturated rings. The van der Waals surface area contributed by atoms with Crippen molar-refractivity contribution in [3.63, 3.8) is 0 Å². The van der Waals surface area contributed by atoms with Gasteiger partial charge in [-0.2, -0.15) is 0 Å². The van der Waals surface area contributed by atoms with Crippen molar-refractivity contribution in [2.75, 3.05) is 6.54 Å². The summed E-state index contributed by atoms with van der Waals surface area (Å²) in [5, 5.41) is 0. The van der Waals surface area contributed by atoms with Crippen LogP contribution >= 0.6 is 0 Å². The van der Waals surface area contributed by atoms with Gasteiger partial charge >= 0.3 is 0 Å². The van der Waals surface area contributed by atoms with Gasteiger partial charge in [-0.25, -0.2) is 4.98 Å². The molecule has 0 amide bonds. The van der Waals surface area contributed by atoms with Gasteiger partial charge in [0.25, 0.3) is 0 Å². The van der Waals surface area contributed by atoms with E-state index in [1.165, 1.54) is 22.3 Å². The lowest BCUT2D eigenvalue weighted by Crippen LogP contribution is -2.12. The number of aromatic amines is 1. The number of imidazole rings is 1. The van der Waals surface area contributed by atoms with Crippen molar-refractivity contribution in [2.24, 2.45) is 5.73 Å². The van der Waals surface area contributed by atoms with Crippen molar-refractivity contribution in [3.8, 4) is 11.3 Å². The molecule has 3 nitrogen and oxygen atoms in total. The van der Waals surface area contributed by atoms with E-state index in [4.69, 9.17) is 5.73 Å². The Morgan fingerprint density at radius 1 is 1.15 bits per heavy atom. The number of nitrogens with zero attached hydrogens (tertiary/aromatic N) is 1. The van der Waals surface area contributed by atoms with E-state index >= 15 is 0 Å². The number of aryl methyl sites for hydroxylation is 2. The van der Waals surface area contributed by atoms with Crippen LogP contribution in [0, 0.1) is 13.8 Å². The van der Waals surface area contributed by atoms with Crippen LogP contribution in [-0.2, 0) is 11.8 Å². The fourth-order valence-electron chi connectivity index (χ4n) is 2.57. The first-order valence-corrected chi connectivity index (χ1v) is 7.19. The number of benzene rings is 1. The molecule has 108 valence electrons. The molecular formula is C17H25N3. The summed E-state index contributed by atoms with van der Waals surface area (Å²) in [6.45, 7) is 11.7. The third-order valence-corrected chi connectivity index (χ3v) is 3.68. The number of H-pyrrole nitrogens is 1. The fraction of sp³-hybridized carbons (Fsp3) is 0.471. The van der Waals surface area contributed by atoms with E-state index in [9.17, 15) is 0 Å². The van der Waals surface area contributed by atoms with Gasteiger partial charge in [0.05, 0.1) is 11.9 Å². The Morgan fingerprint density at radius 2 is 1.75 bits per heavy atom. The number of aromatic nitrogens is 2. The maximum absolute atomic E-state index is 5.58. The lowest BCUT2D eigenvalue weighted by atomic mass is 9.83. The predicted molar refractivity (Wildman–Crippen MR) is 85.0 cm³/mol. The Balaban J connectivity index is 2.46. The number of nitrogens with one attached hydrogen (secondary N) is 1. The van der Waals surface area contributed by atoms with Crippen LogP contribution in [0.5, 0.6) is 0 Å². The van der Waals surface area contributed by atoms with E-state index in [0.29, 0.717) is 6.54 Å². The van der Waals surface area contributed by atoms with E-state index in [-0.39, 0.29) is 5.41 Å². The number of hydrogen-bond acceptors (Lipinski definition) is 2. The molecule has 0 atom stereocenters. The normalized spacial score (nSPS) is 11.9. The van der Waals surface area contributed by atoms with E-state index in [1.807, 2.05) is 6.20 Å². The van der Waals surface area contributed by atoms with Gasteiger partial charge in [-0.15, -0.1) is 0 Å². The van der Waals surface area contributed by atoms with Gasteiger partial charge in [-0.3, -0.25) is 0 Å². The second kappa shape index (κ2) is 5.41. The van der Waals surface area contributed by atoms with E-state index < -0.39 is 0 Å². The van der Waals surface area contributed by atoms with Crippen molar-refractivity contribution in [1.29, 1.82) is 0 Å². The zero-order valence-corrected chi connectivity index (χ0v) is 13.2. The van der Waals surface area contributed by atoms with Crippen LogP contribution in [0.1, 0.15) is 43.3 Å². The van der Waals surface area contributed by atoms with Gasteiger partial charge < -0.3 is 10.7 Å². The van der Waals surface area contributed by atoms with E-state index in [1.54, 1.807) is 0 Å². The summed E-state index contributed by atoms with van der Waals surface area (Å²) in [7, 11) is 0.